The predicted molar refractivity (Wildman–Crippen MR) is 141 cm³/mol. The average molecular weight is 510 g/mol. The van der Waals surface area contributed by atoms with Crippen molar-refractivity contribution in [3.05, 3.63) is 58.7 Å². The van der Waals surface area contributed by atoms with Gasteiger partial charge in [0.2, 0.25) is 0 Å². The van der Waals surface area contributed by atoms with Gasteiger partial charge in [-0.25, -0.2) is 9.97 Å². The summed E-state index contributed by atoms with van der Waals surface area (Å²) in [6, 6.07) is 13.1. The number of nitrogens with zero attached hydrogens (tertiary/aromatic N) is 4. The first-order chi connectivity index (χ1) is 16.9. The molecule has 1 aliphatic rings. The number of ether oxygens (including phenoxy) is 1. The molecule has 8 nitrogen and oxygen atoms in total. The van der Waals surface area contributed by atoms with Gasteiger partial charge in [0.25, 0.3) is 0 Å². The molecule has 1 saturated heterocycles. The van der Waals surface area contributed by atoms with Gasteiger partial charge in [-0.15, -0.1) is 0 Å². The number of aromatic nitrogens is 4. The summed E-state index contributed by atoms with van der Waals surface area (Å²) in [7, 11) is 1.64. The number of amidine groups is 1. The van der Waals surface area contributed by atoms with E-state index < -0.39 is 0 Å². The highest BCUT2D eigenvalue weighted by Crippen LogP contribution is 2.37. The molecule has 2 aromatic heterocycles. The van der Waals surface area contributed by atoms with Crippen LogP contribution in [0.1, 0.15) is 19.8 Å². The lowest BCUT2D eigenvalue weighted by atomic mass is 9.79. The van der Waals surface area contributed by atoms with Gasteiger partial charge in [0.05, 0.1) is 23.4 Å². The second-order valence-electron chi connectivity index (χ2n) is 8.88. The minimum atomic E-state index is -0.262. The van der Waals surface area contributed by atoms with Gasteiger partial charge in [0, 0.05) is 35.8 Å². The summed E-state index contributed by atoms with van der Waals surface area (Å²) in [5.41, 5.74) is 3.15. The molecular formula is C25H25Cl2N7O. The van der Waals surface area contributed by atoms with Crippen LogP contribution in [0, 0.1) is 10.8 Å². The Balaban J connectivity index is 1.30. The number of piperidine rings is 1. The first kappa shape index (κ1) is 23.4. The zero-order valence-corrected chi connectivity index (χ0v) is 20.9. The van der Waals surface area contributed by atoms with Gasteiger partial charge in [0.15, 0.2) is 5.65 Å². The quantitative estimate of drug-likeness (QED) is 0.224. The van der Waals surface area contributed by atoms with Crippen molar-refractivity contribution in [2.45, 2.75) is 19.8 Å². The fourth-order valence-electron chi connectivity index (χ4n) is 4.30. The van der Waals surface area contributed by atoms with Crippen LogP contribution in [-0.4, -0.2) is 46.2 Å². The average Bonchev–Trinajstić information content (AvgIpc) is 3.29. The second-order valence-corrected chi connectivity index (χ2v) is 9.66. The van der Waals surface area contributed by atoms with Gasteiger partial charge < -0.3 is 15.0 Å². The largest absolute Gasteiger partial charge is 0.497 e. The number of anilines is 2. The summed E-state index contributed by atoms with van der Waals surface area (Å²) in [6.45, 7) is 3.66. The highest BCUT2D eigenvalue weighted by molar-refractivity contribution is 6.43. The molecule has 1 fully saturated rings. The van der Waals surface area contributed by atoms with Crippen LogP contribution in [0.2, 0.25) is 10.0 Å². The zero-order valence-electron chi connectivity index (χ0n) is 19.4. The van der Waals surface area contributed by atoms with E-state index in [4.69, 9.17) is 38.3 Å². The van der Waals surface area contributed by atoms with Crippen molar-refractivity contribution in [2.24, 2.45) is 5.41 Å². The number of fused-ring (bicyclic) bond motifs is 1. The fraction of sp³-hybridized carbons (Fsp3) is 0.280. The summed E-state index contributed by atoms with van der Waals surface area (Å²) in [5.74, 6) is 2.04. The van der Waals surface area contributed by atoms with E-state index in [0.717, 1.165) is 43.2 Å². The number of rotatable bonds is 5. The number of hydrogen-bond acceptors (Lipinski definition) is 6. The molecule has 0 atom stereocenters. The van der Waals surface area contributed by atoms with Gasteiger partial charge in [-0.2, -0.15) is 5.10 Å². The van der Waals surface area contributed by atoms with Gasteiger partial charge in [0.1, 0.15) is 28.6 Å². The Hall–Kier alpha value is -3.36. The third kappa shape index (κ3) is 4.51. The molecule has 1 aliphatic heterocycles. The van der Waals surface area contributed by atoms with E-state index in [-0.39, 0.29) is 5.41 Å². The first-order valence-corrected chi connectivity index (χ1v) is 12.0. The molecule has 35 heavy (non-hydrogen) atoms. The van der Waals surface area contributed by atoms with Crippen LogP contribution in [0.25, 0.3) is 22.4 Å². The second kappa shape index (κ2) is 9.36. The molecular weight excluding hydrogens is 485 g/mol. The molecule has 0 amide bonds. The van der Waals surface area contributed by atoms with Crippen LogP contribution in [0.3, 0.4) is 0 Å². The minimum absolute atomic E-state index is 0.262. The monoisotopic (exact) mass is 509 g/mol. The number of methoxy groups -OCH3 is 1. The van der Waals surface area contributed by atoms with Crippen LogP contribution in [0.5, 0.6) is 5.75 Å². The minimum Gasteiger partial charge on any atom is -0.497 e. The van der Waals surface area contributed by atoms with Crippen molar-refractivity contribution < 1.29 is 4.74 Å². The molecule has 2 aromatic carbocycles. The van der Waals surface area contributed by atoms with Gasteiger partial charge in [-0.05, 0) is 31.0 Å². The molecule has 0 spiro atoms. The Morgan fingerprint density at radius 3 is 2.71 bits per heavy atom. The molecule has 5 rings (SSSR count). The Labute approximate surface area is 213 Å². The Kier molecular flexibility index (Phi) is 6.25. The molecule has 0 saturated carbocycles. The summed E-state index contributed by atoms with van der Waals surface area (Å²) >= 11 is 12.6. The van der Waals surface area contributed by atoms with Gasteiger partial charge in [-0.1, -0.05) is 48.3 Å². The lowest BCUT2D eigenvalue weighted by Gasteiger charge is -2.40. The Bertz CT molecular complexity index is 1400. The van der Waals surface area contributed by atoms with Crippen LogP contribution in [0.15, 0.2) is 48.7 Å². The summed E-state index contributed by atoms with van der Waals surface area (Å²) in [6.07, 6.45) is 3.39. The summed E-state index contributed by atoms with van der Waals surface area (Å²) in [5, 5.41) is 20.2. The molecule has 180 valence electrons. The van der Waals surface area contributed by atoms with Gasteiger partial charge >= 0.3 is 0 Å². The summed E-state index contributed by atoms with van der Waals surface area (Å²) in [4.78, 5) is 11.6. The Morgan fingerprint density at radius 2 is 1.94 bits per heavy atom. The number of H-pyrrole nitrogens is 1. The lowest BCUT2D eigenvalue weighted by Crippen LogP contribution is -2.45. The lowest BCUT2D eigenvalue weighted by molar-refractivity contribution is 0.352. The highest BCUT2D eigenvalue weighted by Gasteiger charge is 2.35. The van der Waals surface area contributed by atoms with E-state index in [2.05, 4.69) is 32.3 Å². The van der Waals surface area contributed by atoms with Crippen LogP contribution in [-0.2, 0) is 0 Å². The molecule has 0 aliphatic carbocycles. The molecule has 0 bridgehead atoms. The van der Waals surface area contributed by atoms with E-state index in [1.807, 2.05) is 36.4 Å². The zero-order chi connectivity index (χ0) is 24.6. The normalized spacial score (nSPS) is 15.3. The van der Waals surface area contributed by atoms with E-state index in [1.165, 1.54) is 0 Å². The highest BCUT2D eigenvalue weighted by atomic mass is 35.5. The standard InChI is InChI=1S/C25H25Cl2N7O/c1-25(24(28)30-15-5-3-6-16(13-15)35-2)9-11-34(12-10-25)19-14-29-22-21(32-33-23(22)31-19)17-7-4-8-18(26)20(17)27/h3-8,13-14H,9-12H2,1-2H3,(H2,28,30)(H,31,32,33). The van der Waals surface area contributed by atoms with Crippen LogP contribution < -0.4 is 15.0 Å². The van der Waals surface area contributed by atoms with E-state index in [0.29, 0.717) is 38.3 Å². The molecule has 3 N–H and O–H groups in total. The maximum atomic E-state index is 8.71. The number of nitrogens with one attached hydrogen (secondary N) is 3. The van der Waals surface area contributed by atoms with E-state index >= 15 is 0 Å². The van der Waals surface area contributed by atoms with E-state index in [9.17, 15) is 0 Å². The van der Waals surface area contributed by atoms with Crippen molar-refractivity contribution in [1.29, 1.82) is 5.41 Å². The molecule has 10 heteroatoms. The van der Waals surface area contributed by atoms with Gasteiger partial charge in [-0.3, -0.25) is 10.5 Å². The number of benzene rings is 2. The third-order valence-corrected chi connectivity index (χ3v) is 7.42. The molecule has 3 heterocycles. The first-order valence-electron chi connectivity index (χ1n) is 11.3. The molecule has 4 aromatic rings. The SMILES string of the molecule is COc1cccc(NC(=N)C2(C)CCN(c3cnc4c(-c5cccc(Cl)c5Cl)n[nH]c4n3)CC2)c1. The maximum Gasteiger partial charge on any atom is 0.177 e. The van der Waals surface area contributed by atoms with Crippen molar-refractivity contribution >= 4 is 51.7 Å². The van der Waals surface area contributed by atoms with Crippen LogP contribution in [0.4, 0.5) is 11.5 Å². The maximum absolute atomic E-state index is 8.71. The number of hydrogen-bond donors (Lipinski definition) is 3. The Morgan fingerprint density at radius 1 is 1.17 bits per heavy atom. The fourth-order valence-corrected chi connectivity index (χ4v) is 4.69. The van der Waals surface area contributed by atoms with Crippen molar-refractivity contribution in [1.82, 2.24) is 20.2 Å². The molecule has 0 radical (unpaired) electrons. The summed E-state index contributed by atoms with van der Waals surface area (Å²) < 4.78 is 5.29. The van der Waals surface area contributed by atoms with Crippen molar-refractivity contribution in [3.8, 4) is 17.0 Å². The number of halogens is 2. The van der Waals surface area contributed by atoms with E-state index in [1.54, 1.807) is 19.4 Å². The van der Waals surface area contributed by atoms with Crippen LogP contribution >= 0.6 is 23.2 Å². The smallest absolute Gasteiger partial charge is 0.177 e. The predicted octanol–water partition coefficient (Wildman–Crippen LogP) is 6.03. The molecule has 0 unspecified atom stereocenters. The number of aromatic amines is 1. The topological polar surface area (TPSA) is 103 Å². The van der Waals surface area contributed by atoms with Crippen molar-refractivity contribution in [3.63, 3.8) is 0 Å². The van der Waals surface area contributed by atoms with Crippen molar-refractivity contribution in [2.75, 3.05) is 30.4 Å². The third-order valence-electron chi connectivity index (χ3n) is 6.60.